The number of carbonyl (C=O) groups excluding carboxylic acids is 1. The fourth-order valence-electron chi connectivity index (χ4n) is 4.35. The van der Waals surface area contributed by atoms with Crippen LogP contribution >= 0.6 is 11.3 Å². The molecule has 2 atom stereocenters. The lowest BCUT2D eigenvalue weighted by Crippen LogP contribution is -2.35. The Hall–Kier alpha value is -2.65. The minimum Gasteiger partial charge on any atom is -0.493 e. The molecule has 3 aliphatic rings. The van der Waals surface area contributed by atoms with Gasteiger partial charge in [-0.15, -0.1) is 11.3 Å². The Bertz CT molecular complexity index is 975. The average molecular weight is 473 g/mol. The van der Waals surface area contributed by atoms with E-state index in [2.05, 4.69) is 20.2 Å². The number of anilines is 1. The van der Waals surface area contributed by atoms with Gasteiger partial charge in [-0.3, -0.25) is 4.99 Å². The van der Waals surface area contributed by atoms with Gasteiger partial charge in [-0.05, 0) is 62.4 Å². The SMILES string of the molecule is COC(=O)c1scc(C)c1NC1=NC=NC2C=C(OCCCN3CCCCC3)C(OC)=CC12. The number of aliphatic imine (C=N–C) groups is 2. The van der Waals surface area contributed by atoms with E-state index in [4.69, 9.17) is 14.2 Å². The second-order valence-electron chi connectivity index (χ2n) is 8.40. The first-order chi connectivity index (χ1) is 16.1. The van der Waals surface area contributed by atoms with Gasteiger partial charge < -0.3 is 24.4 Å². The number of amidine groups is 1. The van der Waals surface area contributed by atoms with Gasteiger partial charge in [0.25, 0.3) is 0 Å². The third-order valence-electron chi connectivity index (χ3n) is 6.16. The number of thiophene rings is 1. The Kier molecular flexibility index (Phi) is 7.82. The van der Waals surface area contributed by atoms with Crippen LogP contribution in [0.1, 0.15) is 40.9 Å². The van der Waals surface area contributed by atoms with Crippen LogP contribution in [-0.2, 0) is 14.2 Å². The number of nitrogens with one attached hydrogen (secondary N) is 1. The molecular formula is C24H32N4O4S. The van der Waals surface area contributed by atoms with Gasteiger partial charge in [-0.1, -0.05) is 6.42 Å². The van der Waals surface area contributed by atoms with Crippen molar-refractivity contribution in [2.24, 2.45) is 15.9 Å². The lowest BCUT2D eigenvalue weighted by molar-refractivity contribution is 0.0607. The maximum Gasteiger partial charge on any atom is 0.350 e. The number of hydrogen-bond donors (Lipinski definition) is 1. The van der Waals surface area contributed by atoms with Crippen LogP contribution < -0.4 is 5.32 Å². The van der Waals surface area contributed by atoms with Crippen molar-refractivity contribution in [3.05, 3.63) is 39.5 Å². The Morgan fingerprint density at radius 2 is 2.03 bits per heavy atom. The third kappa shape index (κ3) is 5.47. The number of piperidine rings is 1. The molecule has 4 rings (SSSR count). The van der Waals surface area contributed by atoms with Gasteiger partial charge in [0, 0.05) is 6.54 Å². The number of likely N-dealkylation sites (tertiary alicyclic amines) is 1. The van der Waals surface area contributed by atoms with Crippen LogP contribution in [0.15, 0.2) is 39.0 Å². The first kappa shape index (κ1) is 23.5. The molecule has 8 nitrogen and oxygen atoms in total. The molecule has 0 spiro atoms. The fourth-order valence-corrected chi connectivity index (χ4v) is 5.27. The summed E-state index contributed by atoms with van der Waals surface area (Å²) in [5.41, 5.74) is 1.68. The predicted molar refractivity (Wildman–Crippen MR) is 131 cm³/mol. The summed E-state index contributed by atoms with van der Waals surface area (Å²) in [6, 6.07) is -0.151. The summed E-state index contributed by atoms with van der Waals surface area (Å²) in [7, 11) is 3.03. The Morgan fingerprint density at radius 3 is 2.79 bits per heavy atom. The highest BCUT2D eigenvalue weighted by Gasteiger charge is 2.33. The molecule has 3 heterocycles. The number of esters is 1. The molecule has 1 aromatic rings. The van der Waals surface area contributed by atoms with Crippen molar-refractivity contribution >= 4 is 35.2 Å². The van der Waals surface area contributed by atoms with Crippen molar-refractivity contribution < 1.29 is 19.0 Å². The maximum absolute atomic E-state index is 12.2. The van der Waals surface area contributed by atoms with Gasteiger partial charge in [0.05, 0.1) is 38.5 Å². The van der Waals surface area contributed by atoms with Crippen molar-refractivity contribution in [3.8, 4) is 0 Å². The van der Waals surface area contributed by atoms with Crippen LogP contribution in [0.5, 0.6) is 0 Å². The number of hydrogen-bond acceptors (Lipinski definition) is 9. The van der Waals surface area contributed by atoms with Crippen LogP contribution in [0.25, 0.3) is 0 Å². The summed E-state index contributed by atoms with van der Waals surface area (Å²) in [5, 5.41) is 5.28. The van der Waals surface area contributed by atoms with Crippen molar-refractivity contribution in [2.75, 3.05) is 45.8 Å². The van der Waals surface area contributed by atoms with Crippen LogP contribution in [-0.4, -0.2) is 69.5 Å². The highest BCUT2D eigenvalue weighted by atomic mass is 32.1. The van der Waals surface area contributed by atoms with E-state index in [0.29, 0.717) is 23.1 Å². The van der Waals surface area contributed by atoms with Crippen LogP contribution in [0.4, 0.5) is 5.69 Å². The topological polar surface area (TPSA) is 84.8 Å². The zero-order valence-electron chi connectivity index (χ0n) is 19.5. The lowest BCUT2D eigenvalue weighted by Gasteiger charge is -2.30. The highest BCUT2D eigenvalue weighted by molar-refractivity contribution is 7.12. The molecular weight excluding hydrogens is 440 g/mol. The van der Waals surface area contributed by atoms with Crippen molar-refractivity contribution in [1.82, 2.24) is 4.90 Å². The molecule has 0 radical (unpaired) electrons. The monoisotopic (exact) mass is 472 g/mol. The summed E-state index contributed by atoms with van der Waals surface area (Å²) >= 11 is 1.35. The highest BCUT2D eigenvalue weighted by Crippen LogP contribution is 2.33. The van der Waals surface area contributed by atoms with E-state index in [1.54, 1.807) is 13.4 Å². The Labute approximate surface area is 199 Å². The van der Waals surface area contributed by atoms with Gasteiger partial charge in [0.1, 0.15) is 17.1 Å². The van der Waals surface area contributed by atoms with Gasteiger partial charge in [-0.25, -0.2) is 9.79 Å². The Balaban J connectivity index is 1.41. The molecule has 1 N–H and O–H groups in total. The Morgan fingerprint density at radius 1 is 1.21 bits per heavy atom. The van der Waals surface area contributed by atoms with Crippen molar-refractivity contribution in [3.63, 3.8) is 0 Å². The van der Waals surface area contributed by atoms with Gasteiger partial charge in [0.2, 0.25) is 0 Å². The number of carbonyl (C=O) groups is 1. The molecule has 2 aliphatic heterocycles. The van der Waals surface area contributed by atoms with Crippen LogP contribution in [0.3, 0.4) is 0 Å². The molecule has 9 heteroatoms. The number of fused-ring (bicyclic) bond motifs is 1. The number of methoxy groups -OCH3 is 2. The molecule has 178 valence electrons. The number of rotatable bonds is 8. The average Bonchev–Trinajstić information content (AvgIpc) is 3.21. The van der Waals surface area contributed by atoms with E-state index in [0.717, 1.165) is 30.0 Å². The maximum atomic E-state index is 12.2. The molecule has 0 bridgehead atoms. The summed E-state index contributed by atoms with van der Waals surface area (Å²) in [5.74, 6) is 1.59. The van der Waals surface area contributed by atoms with E-state index >= 15 is 0 Å². The smallest absolute Gasteiger partial charge is 0.350 e. The second kappa shape index (κ2) is 11.0. The molecule has 0 saturated carbocycles. The summed E-state index contributed by atoms with van der Waals surface area (Å²) < 4.78 is 16.7. The molecule has 0 amide bonds. The molecule has 1 fully saturated rings. The normalized spacial score (nSPS) is 22.6. The second-order valence-corrected chi connectivity index (χ2v) is 9.28. The largest absolute Gasteiger partial charge is 0.493 e. The zero-order valence-corrected chi connectivity index (χ0v) is 20.3. The predicted octanol–water partition coefficient (Wildman–Crippen LogP) is 4.00. The summed E-state index contributed by atoms with van der Waals surface area (Å²) in [4.78, 5) is 24.2. The van der Waals surface area contributed by atoms with Crippen molar-refractivity contribution in [2.45, 2.75) is 38.6 Å². The minimum atomic E-state index is -0.367. The number of aryl methyl sites for hydroxylation is 1. The zero-order chi connectivity index (χ0) is 23.2. The molecule has 1 aromatic heterocycles. The molecule has 1 aliphatic carbocycles. The molecule has 33 heavy (non-hydrogen) atoms. The van der Waals surface area contributed by atoms with Gasteiger partial charge in [-0.2, -0.15) is 0 Å². The summed E-state index contributed by atoms with van der Waals surface area (Å²) in [6.45, 7) is 6.04. The quantitative estimate of drug-likeness (QED) is 0.455. The minimum absolute atomic E-state index is 0.143. The van der Waals surface area contributed by atoms with Crippen LogP contribution in [0, 0.1) is 12.8 Å². The standard InChI is InChI=1S/C24H32N4O4S/c1-16-14-33-22(24(29)31-3)21(16)27-23-17-12-19(30-2)20(13-18(17)25-15-26-23)32-11-7-10-28-8-5-4-6-9-28/h12-15,17-18H,4-11H2,1-3H3,(H,25,26,27). The first-order valence-corrected chi connectivity index (χ1v) is 12.3. The molecule has 1 saturated heterocycles. The molecule has 0 aromatic carbocycles. The fraction of sp³-hybridized carbons (Fsp3) is 0.542. The van der Waals surface area contributed by atoms with Crippen molar-refractivity contribution in [1.29, 1.82) is 0 Å². The van der Waals surface area contributed by atoms with Gasteiger partial charge in [0.15, 0.2) is 11.5 Å². The van der Waals surface area contributed by atoms with E-state index in [1.807, 2.05) is 24.5 Å². The molecule has 2 unspecified atom stereocenters. The van der Waals surface area contributed by atoms with E-state index < -0.39 is 0 Å². The summed E-state index contributed by atoms with van der Waals surface area (Å²) in [6.07, 6.45) is 10.5. The number of nitrogens with zero attached hydrogens (tertiary/aromatic N) is 3. The lowest BCUT2D eigenvalue weighted by atomic mass is 9.91. The van der Waals surface area contributed by atoms with E-state index in [-0.39, 0.29) is 17.9 Å². The van der Waals surface area contributed by atoms with E-state index in [9.17, 15) is 4.79 Å². The van der Waals surface area contributed by atoms with E-state index in [1.165, 1.54) is 50.8 Å². The third-order valence-corrected chi connectivity index (χ3v) is 7.24. The number of ether oxygens (including phenoxy) is 3. The van der Waals surface area contributed by atoms with Gasteiger partial charge >= 0.3 is 5.97 Å². The first-order valence-electron chi connectivity index (χ1n) is 11.5. The van der Waals surface area contributed by atoms with Crippen LogP contribution in [0.2, 0.25) is 0 Å².